The van der Waals surface area contributed by atoms with Gasteiger partial charge in [-0.3, -0.25) is 4.72 Å². The first-order chi connectivity index (χ1) is 15.0. The molecular weight excluding hydrogens is 467 g/mol. The van der Waals surface area contributed by atoms with Crippen molar-refractivity contribution in [3.05, 3.63) is 80.1 Å². The highest BCUT2D eigenvalue weighted by Crippen LogP contribution is 2.37. The monoisotopic (exact) mass is 492 g/mol. The molecular formula is C24H26Cl2N2OS2. The molecule has 0 radical (unpaired) electrons. The molecule has 164 valence electrons. The molecule has 0 aliphatic heterocycles. The summed E-state index contributed by atoms with van der Waals surface area (Å²) in [7, 11) is 0. The number of aryl methyl sites for hydroxylation is 2. The van der Waals surface area contributed by atoms with Gasteiger partial charge in [0.15, 0.2) is 0 Å². The summed E-state index contributed by atoms with van der Waals surface area (Å²) in [5, 5.41) is 1.35. The first-order valence-corrected chi connectivity index (χ1v) is 12.8. The Labute approximate surface area is 202 Å². The Bertz CT molecular complexity index is 1040. The second-order valence-electron chi connectivity index (χ2n) is 7.82. The molecule has 0 fully saturated rings. The van der Waals surface area contributed by atoms with Crippen LogP contribution in [0.15, 0.2) is 52.7 Å². The number of hydrogen-bond acceptors (Lipinski definition) is 5. The summed E-state index contributed by atoms with van der Waals surface area (Å²) >= 11 is 16.0. The van der Waals surface area contributed by atoms with Gasteiger partial charge in [0.05, 0.1) is 4.21 Å². The van der Waals surface area contributed by atoms with Crippen LogP contribution in [0, 0.1) is 6.92 Å². The van der Waals surface area contributed by atoms with Gasteiger partial charge in [-0.1, -0.05) is 35.3 Å². The Morgan fingerprint density at radius 2 is 2.03 bits per heavy atom. The van der Waals surface area contributed by atoms with Crippen molar-refractivity contribution in [1.29, 1.82) is 0 Å². The smallest absolute Gasteiger partial charge is 0.119 e. The third-order valence-electron chi connectivity index (χ3n) is 5.60. The van der Waals surface area contributed by atoms with Gasteiger partial charge in [0, 0.05) is 33.4 Å². The molecule has 3 nitrogen and oxygen atoms in total. The van der Waals surface area contributed by atoms with Gasteiger partial charge in [0.25, 0.3) is 0 Å². The predicted molar refractivity (Wildman–Crippen MR) is 134 cm³/mol. The van der Waals surface area contributed by atoms with E-state index in [2.05, 4.69) is 42.0 Å². The Kier molecular flexibility index (Phi) is 7.86. The fraction of sp³-hybridized carbons (Fsp3) is 0.333. The highest BCUT2D eigenvalue weighted by Gasteiger charge is 2.28. The highest BCUT2D eigenvalue weighted by atomic mass is 35.5. The molecule has 0 saturated carbocycles. The highest BCUT2D eigenvalue weighted by molar-refractivity contribution is 7.99. The molecule has 2 aromatic carbocycles. The van der Waals surface area contributed by atoms with Gasteiger partial charge in [-0.05, 0) is 91.2 Å². The normalized spacial score (nSPS) is 18.1. The zero-order valence-electron chi connectivity index (χ0n) is 17.4. The van der Waals surface area contributed by atoms with Crippen LogP contribution in [0.3, 0.4) is 0 Å². The molecule has 3 aromatic rings. The lowest BCUT2D eigenvalue weighted by atomic mass is 9.76. The van der Waals surface area contributed by atoms with E-state index in [-0.39, 0.29) is 12.0 Å². The van der Waals surface area contributed by atoms with Crippen LogP contribution in [0.4, 0.5) is 0 Å². The molecule has 0 saturated heterocycles. The van der Waals surface area contributed by atoms with Crippen LogP contribution in [0.25, 0.3) is 0 Å². The van der Waals surface area contributed by atoms with Gasteiger partial charge in [-0.2, -0.15) is 0 Å². The van der Waals surface area contributed by atoms with Crippen LogP contribution in [-0.2, 0) is 12.8 Å². The van der Waals surface area contributed by atoms with E-state index in [9.17, 15) is 0 Å². The molecule has 0 amide bonds. The number of thiophene rings is 1. The van der Waals surface area contributed by atoms with E-state index in [0.717, 1.165) is 37.1 Å². The van der Waals surface area contributed by atoms with Gasteiger partial charge in [-0.15, -0.1) is 11.3 Å². The minimum absolute atomic E-state index is 0.0989. The van der Waals surface area contributed by atoms with E-state index in [4.69, 9.17) is 33.7 Å². The van der Waals surface area contributed by atoms with Crippen LogP contribution in [0.2, 0.25) is 10.0 Å². The SMILES string of the molecule is Cc1ccc(SNCCOc2ccc3c(c2)C(Cc2ccc(Cl)cc2Cl)C(N)CC3)s1. The van der Waals surface area contributed by atoms with E-state index in [1.165, 1.54) is 20.2 Å². The van der Waals surface area contributed by atoms with Crippen molar-refractivity contribution in [3.63, 3.8) is 0 Å². The van der Waals surface area contributed by atoms with Gasteiger partial charge < -0.3 is 10.5 Å². The van der Waals surface area contributed by atoms with Crippen molar-refractivity contribution < 1.29 is 4.74 Å². The Morgan fingerprint density at radius 1 is 1.16 bits per heavy atom. The van der Waals surface area contributed by atoms with Crippen molar-refractivity contribution in [2.24, 2.45) is 5.73 Å². The average Bonchev–Trinajstić information content (AvgIpc) is 3.16. The van der Waals surface area contributed by atoms with Crippen LogP contribution in [0.5, 0.6) is 5.75 Å². The van der Waals surface area contributed by atoms with Crippen molar-refractivity contribution >= 4 is 46.5 Å². The first kappa shape index (κ1) is 23.0. The number of rotatable bonds is 8. The zero-order chi connectivity index (χ0) is 21.8. The lowest BCUT2D eigenvalue weighted by molar-refractivity contribution is 0.323. The van der Waals surface area contributed by atoms with Crippen LogP contribution in [-0.4, -0.2) is 19.2 Å². The standard InChI is InChI=1S/C24H26Cl2N2OS2/c1-15-2-9-24(30-15)31-28-10-11-29-19-7-4-16-5-8-23(27)21(20(16)14-19)12-17-3-6-18(25)13-22(17)26/h2-4,6-7,9,13-14,21,23,28H,5,8,10-12,27H2,1H3. The summed E-state index contributed by atoms with van der Waals surface area (Å²) in [6.45, 7) is 3.49. The number of halogens is 2. The van der Waals surface area contributed by atoms with Crippen molar-refractivity contribution in [2.45, 2.75) is 42.4 Å². The molecule has 0 spiro atoms. The van der Waals surface area contributed by atoms with Gasteiger partial charge in [0.1, 0.15) is 12.4 Å². The van der Waals surface area contributed by atoms with Crippen molar-refractivity contribution in [2.75, 3.05) is 13.2 Å². The topological polar surface area (TPSA) is 47.3 Å². The number of hydrogen-bond donors (Lipinski definition) is 2. The lowest BCUT2D eigenvalue weighted by Gasteiger charge is -2.32. The summed E-state index contributed by atoms with van der Waals surface area (Å²) in [4.78, 5) is 1.32. The van der Waals surface area contributed by atoms with Crippen molar-refractivity contribution in [3.8, 4) is 5.75 Å². The number of nitrogens with one attached hydrogen (secondary N) is 1. The van der Waals surface area contributed by atoms with E-state index < -0.39 is 0 Å². The summed E-state index contributed by atoms with van der Waals surface area (Å²) in [6, 6.07) is 16.5. The second-order valence-corrected chi connectivity index (χ2v) is 11.1. The molecule has 31 heavy (non-hydrogen) atoms. The molecule has 1 aliphatic carbocycles. The molecule has 4 rings (SSSR count). The number of ether oxygens (including phenoxy) is 1. The van der Waals surface area contributed by atoms with E-state index >= 15 is 0 Å². The molecule has 1 aliphatic rings. The minimum Gasteiger partial charge on any atom is -0.492 e. The predicted octanol–water partition coefficient (Wildman–Crippen LogP) is 6.64. The fourth-order valence-corrected chi connectivity index (χ4v) is 6.25. The van der Waals surface area contributed by atoms with Gasteiger partial charge >= 0.3 is 0 Å². The minimum atomic E-state index is 0.0989. The largest absolute Gasteiger partial charge is 0.492 e. The van der Waals surface area contributed by atoms with Crippen LogP contribution >= 0.6 is 46.5 Å². The average molecular weight is 494 g/mol. The fourth-order valence-electron chi connectivity index (χ4n) is 3.97. The molecule has 3 N–H and O–H groups in total. The Hall–Kier alpha value is -1.21. The maximum absolute atomic E-state index is 6.55. The molecule has 1 aromatic heterocycles. The maximum Gasteiger partial charge on any atom is 0.119 e. The molecule has 2 unspecified atom stereocenters. The Balaban J connectivity index is 1.39. The molecule has 2 atom stereocenters. The molecule has 1 heterocycles. The third kappa shape index (κ3) is 5.98. The molecule has 0 bridgehead atoms. The Morgan fingerprint density at radius 3 is 2.81 bits per heavy atom. The van der Waals surface area contributed by atoms with Gasteiger partial charge in [-0.25, -0.2) is 0 Å². The summed E-state index contributed by atoms with van der Waals surface area (Å²) in [5.41, 5.74) is 10.3. The van der Waals surface area contributed by atoms with E-state index in [1.807, 2.05) is 12.1 Å². The van der Waals surface area contributed by atoms with Gasteiger partial charge in [0.2, 0.25) is 0 Å². The summed E-state index contributed by atoms with van der Waals surface area (Å²) in [6.07, 6.45) is 2.78. The van der Waals surface area contributed by atoms with E-state index in [1.54, 1.807) is 29.4 Å². The van der Waals surface area contributed by atoms with Crippen LogP contribution < -0.4 is 15.2 Å². The van der Waals surface area contributed by atoms with Crippen molar-refractivity contribution in [1.82, 2.24) is 4.72 Å². The lowest BCUT2D eigenvalue weighted by Crippen LogP contribution is -2.34. The quantitative estimate of drug-likeness (QED) is 0.273. The summed E-state index contributed by atoms with van der Waals surface area (Å²) in [5.74, 6) is 1.10. The zero-order valence-corrected chi connectivity index (χ0v) is 20.5. The van der Waals surface area contributed by atoms with Crippen LogP contribution in [0.1, 0.15) is 33.9 Å². The number of nitrogens with two attached hydrogens (primary N) is 1. The number of fused-ring (bicyclic) bond motifs is 1. The number of benzene rings is 2. The van der Waals surface area contributed by atoms with E-state index in [0.29, 0.717) is 16.7 Å². The third-order valence-corrected chi connectivity index (χ3v) is 8.16. The molecule has 7 heteroatoms. The second kappa shape index (κ2) is 10.6. The summed E-state index contributed by atoms with van der Waals surface area (Å²) < 4.78 is 10.7. The maximum atomic E-state index is 6.55. The first-order valence-electron chi connectivity index (χ1n) is 10.4.